The van der Waals surface area contributed by atoms with Gasteiger partial charge in [-0.25, -0.2) is 4.98 Å². The number of aryl methyl sites for hydroxylation is 1. The molecule has 1 aromatic heterocycles. The molecule has 5 aromatic rings. The summed E-state index contributed by atoms with van der Waals surface area (Å²) in [6.07, 6.45) is 2.09. The van der Waals surface area contributed by atoms with Crippen LogP contribution in [0.2, 0.25) is 0 Å². The molecule has 0 radical (unpaired) electrons. The Hall–Kier alpha value is -3.95. The SMILES string of the molecule is CC(C)(C)c1cc(N2C(c3[c-]c(Oc4ccc5cccc(O)c5n4)ccc3)=N[C@H]3c4ccccc4CCC(C)(C)[C@H]32)cc(C(C)(C)C)c1.[Pt]. The smallest absolute Gasteiger partial charge is 0.217 e. The van der Waals surface area contributed by atoms with Gasteiger partial charge >= 0.3 is 0 Å². The number of phenols is 1. The summed E-state index contributed by atoms with van der Waals surface area (Å²) in [6.45, 7) is 18.6. The Morgan fingerprint density at radius 1 is 0.837 bits per heavy atom. The van der Waals surface area contributed by atoms with E-state index in [0.29, 0.717) is 17.1 Å². The number of para-hydroxylation sites is 1. The van der Waals surface area contributed by atoms with Crippen molar-refractivity contribution < 1.29 is 30.9 Å². The molecule has 0 saturated carbocycles. The van der Waals surface area contributed by atoms with Crippen molar-refractivity contribution in [2.45, 2.75) is 91.1 Å². The van der Waals surface area contributed by atoms with Crippen LogP contribution in [0, 0.1) is 11.5 Å². The second-order valence-electron chi connectivity index (χ2n) is 16.2. The van der Waals surface area contributed by atoms with E-state index in [9.17, 15) is 5.11 Å². The van der Waals surface area contributed by atoms with Crippen molar-refractivity contribution in [3.05, 3.63) is 125 Å². The number of anilines is 1. The third-order valence-corrected chi connectivity index (χ3v) is 10.1. The summed E-state index contributed by atoms with van der Waals surface area (Å²) in [5, 5.41) is 11.3. The molecule has 0 unspecified atom stereocenters. The van der Waals surface area contributed by atoms with Crippen LogP contribution in [0.1, 0.15) is 95.7 Å². The van der Waals surface area contributed by atoms with Crippen molar-refractivity contribution in [2.75, 3.05) is 4.90 Å². The van der Waals surface area contributed by atoms with Crippen LogP contribution in [-0.4, -0.2) is 22.0 Å². The monoisotopic (exact) mass is 831 g/mol. The first-order valence-corrected chi connectivity index (χ1v) is 17.1. The van der Waals surface area contributed by atoms with Gasteiger partial charge in [-0.05, 0) is 75.6 Å². The molecule has 49 heavy (non-hydrogen) atoms. The predicted octanol–water partition coefficient (Wildman–Crippen LogP) is 10.5. The van der Waals surface area contributed by atoms with E-state index in [0.717, 1.165) is 35.3 Å². The third-order valence-electron chi connectivity index (χ3n) is 10.1. The zero-order valence-electron chi connectivity index (χ0n) is 29.7. The molecule has 4 aromatic carbocycles. The Bertz CT molecular complexity index is 2020. The number of amidine groups is 1. The first-order chi connectivity index (χ1) is 22.7. The normalized spacial score (nSPS) is 18.6. The fourth-order valence-corrected chi connectivity index (χ4v) is 7.23. The van der Waals surface area contributed by atoms with Crippen LogP contribution in [0.5, 0.6) is 17.4 Å². The number of phenolic OH excluding ortho intramolecular Hbond substituents is 1. The van der Waals surface area contributed by atoms with E-state index in [1.165, 1.54) is 22.3 Å². The molecule has 0 saturated heterocycles. The molecule has 5 nitrogen and oxygen atoms in total. The van der Waals surface area contributed by atoms with Crippen molar-refractivity contribution in [3.63, 3.8) is 0 Å². The summed E-state index contributed by atoms with van der Waals surface area (Å²) in [5.74, 6) is 1.97. The molecular weight excluding hydrogens is 786 g/mol. The number of nitrogens with zero attached hydrogens (tertiary/aromatic N) is 3. The molecule has 0 fully saturated rings. The van der Waals surface area contributed by atoms with E-state index < -0.39 is 0 Å². The molecule has 1 aliphatic heterocycles. The fourth-order valence-electron chi connectivity index (χ4n) is 7.23. The van der Waals surface area contributed by atoms with Crippen molar-refractivity contribution in [1.82, 2.24) is 4.98 Å². The van der Waals surface area contributed by atoms with Gasteiger partial charge in [-0.15, -0.1) is 23.8 Å². The number of hydrogen-bond acceptors (Lipinski definition) is 5. The first kappa shape index (κ1) is 34.9. The third kappa shape index (κ3) is 6.67. The van der Waals surface area contributed by atoms with Crippen LogP contribution in [-0.2, 0) is 38.3 Å². The maximum absolute atomic E-state index is 10.4. The van der Waals surface area contributed by atoms with Gasteiger partial charge in [-0.1, -0.05) is 104 Å². The minimum absolute atomic E-state index is 0. The first-order valence-electron chi connectivity index (χ1n) is 17.1. The van der Waals surface area contributed by atoms with E-state index in [4.69, 9.17) is 9.73 Å². The summed E-state index contributed by atoms with van der Waals surface area (Å²) >= 11 is 0. The minimum Gasteiger partial charge on any atom is -0.506 e. The number of benzene rings is 4. The van der Waals surface area contributed by atoms with Crippen LogP contribution in [0.25, 0.3) is 10.9 Å². The Kier molecular flexibility index (Phi) is 9.07. The average Bonchev–Trinajstić information content (AvgIpc) is 3.41. The molecular formula is C43H46N3O2Pt-. The Morgan fingerprint density at radius 3 is 2.24 bits per heavy atom. The van der Waals surface area contributed by atoms with Gasteiger partial charge in [0.1, 0.15) is 11.3 Å². The number of fused-ring (bicyclic) bond motifs is 4. The predicted molar refractivity (Wildman–Crippen MR) is 197 cm³/mol. The second-order valence-corrected chi connectivity index (χ2v) is 16.2. The minimum atomic E-state index is -0.0420. The van der Waals surface area contributed by atoms with E-state index in [-0.39, 0.29) is 55.1 Å². The fraction of sp³-hybridized carbons (Fsp3) is 0.349. The summed E-state index contributed by atoms with van der Waals surface area (Å²) in [5.41, 5.74) is 7.76. The topological polar surface area (TPSA) is 58.0 Å². The van der Waals surface area contributed by atoms with E-state index >= 15 is 0 Å². The van der Waals surface area contributed by atoms with Crippen LogP contribution in [0.3, 0.4) is 0 Å². The molecule has 2 atom stereocenters. The molecule has 2 heterocycles. The van der Waals surface area contributed by atoms with Gasteiger partial charge in [0, 0.05) is 44.0 Å². The van der Waals surface area contributed by atoms with Gasteiger partial charge in [0.25, 0.3) is 0 Å². The average molecular weight is 832 g/mol. The van der Waals surface area contributed by atoms with Crippen molar-refractivity contribution >= 4 is 22.4 Å². The summed E-state index contributed by atoms with van der Waals surface area (Å²) in [7, 11) is 0. The Labute approximate surface area is 305 Å². The summed E-state index contributed by atoms with van der Waals surface area (Å²) < 4.78 is 6.29. The number of ether oxygens (including phenoxy) is 1. The number of hydrogen-bond donors (Lipinski definition) is 1. The molecule has 0 amide bonds. The van der Waals surface area contributed by atoms with Crippen molar-refractivity contribution in [3.8, 4) is 17.4 Å². The molecule has 6 heteroatoms. The maximum Gasteiger partial charge on any atom is 0.217 e. The molecule has 0 bridgehead atoms. The number of rotatable bonds is 4. The van der Waals surface area contributed by atoms with E-state index in [2.05, 4.69) is 120 Å². The molecule has 7 rings (SSSR count). The standard InChI is InChI=1S/C43H46N3O2.Pt/c1-41(2,3)30-24-31(42(4,5)6)26-32(25-30)46-39-38(34-17-10-9-13-27(34)21-22-43(39,7)8)45-40(46)29-15-11-16-33(23-29)48-36-20-19-28-14-12-18-35(47)37(28)44-36;/h9-20,24-26,38-39,47H,21-22H2,1-8H3;/q-1;/t38-,39-;/m0./s1. The van der Waals surface area contributed by atoms with Crippen LogP contribution < -0.4 is 9.64 Å². The van der Waals surface area contributed by atoms with Gasteiger partial charge in [0.15, 0.2) is 0 Å². The van der Waals surface area contributed by atoms with Gasteiger partial charge < -0.3 is 19.7 Å². The van der Waals surface area contributed by atoms with Crippen molar-refractivity contribution in [1.29, 1.82) is 0 Å². The summed E-state index contributed by atoms with van der Waals surface area (Å²) in [4.78, 5) is 12.7. The van der Waals surface area contributed by atoms with E-state index in [1.807, 2.05) is 36.4 Å². The molecule has 1 N–H and O–H groups in total. The number of aromatic nitrogens is 1. The molecule has 1 aliphatic carbocycles. The van der Waals surface area contributed by atoms with Crippen molar-refractivity contribution in [2.24, 2.45) is 10.4 Å². The van der Waals surface area contributed by atoms with Gasteiger partial charge in [-0.3, -0.25) is 0 Å². The second kappa shape index (κ2) is 12.7. The maximum atomic E-state index is 10.4. The van der Waals surface area contributed by atoms with Crippen LogP contribution in [0.4, 0.5) is 5.69 Å². The quantitative estimate of drug-likeness (QED) is 0.183. The Balaban J connectivity index is 0.00000417. The van der Waals surface area contributed by atoms with Crippen LogP contribution >= 0.6 is 0 Å². The molecule has 256 valence electrons. The van der Waals surface area contributed by atoms with Gasteiger partial charge in [-0.2, -0.15) is 0 Å². The molecule has 2 aliphatic rings. The summed E-state index contributed by atoms with van der Waals surface area (Å²) in [6, 6.07) is 34.7. The number of aromatic hydroxyl groups is 1. The van der Waals surface area contributed by atoms with Gasteiger partial charge in [0.2, 0.25) is 5.88 Å². The van der Waals surface area contributed by atoms with Crippen LogP contribution in [0.15, 0.2) is 96.0 Å². The largest absolute Gasteiger partial charge is 0.506 e. The number of pyridine rings is 1. The number of aliphatic imine (C=N–C) groups is 1. The van der Waals surface area contributed by atoms with E-state index in [1.54, 1.807) is 6.07 Å². The van der Waals surface area contributed by atoms with Gasteiger partial charge in [0.05, 0.1) is 17.9 Å². The zero-order valence-corrected chi connectivity index (χ0v) is 32.0. The zero-order chi connectivity index (χ0) is 34.0. The Morgan fingerprint density at radius 2 is 1.53 bits per heavy atom. The molecule has 0 spiro atoms.